The van der Waals surface area contributed by atoms with Gasteiger partial charge in [-0.2, -0.15) is 0 Å². The number of carbonyl (C=O) groups is 1. The highest BCUT2D eigenvalue weighted by Gasteiger charge is 2.20. The lowest BCUT2D eigenvalue weighted by Crippen LogP contribution is -2.48. The van der Waals surface area contributed by atoms with Crippen LogP contribution < -0.4 is 10.6 Å². The number of halogens is 1. The summed E-state index contributed by atoms with van der Waals surface area (Å²) in [6.45, 7) is 18.3. The average Bonchev–Trinajstić information content (AvgIpc) is 2.30. The van der Waals surface area contributed by atoms with Crippen molar-refractivity contribution in [3.05, 3.63) is 0 Å². The normalized spacial score (nSPS) is 12.3. The standard InChI is InChI=1S/C16H34N4O2.HI/c1-9-17-13(19-15(3,4)5)18-11-12-20(10-2)14(21)22-16(6,7)8;/h9-12H2,1-8H3,(H2,17,18,19);1H. The van der Waals surface area contributed by atoms with Gasteiger partial charge in [0.05, 0.1) is 6.54 Å². The van der Waals surface area contributed by atoms with Gasteiger partial charge in [0.2, 0.25) is 0 Å². The second-order valence-corrected chi connectivity index (χ2v) is 7.20. The molecule has 6 nitrogen and oxygen atoms in total. The molecule has 7 heteroatoms. The highest BCUT2D eigenvalue weighted by atomic mass is 127. The molecule has 2 N–H and O–H groups in total. The molecule has 0 unspecified atom stereocenters. The van der Waals surface area contributed by atoms with Crippen LogP contribution in [0.3, 0.4) is 0 Å². The van der Waals surface area contributed by atoms with Crippen molar-refractivity contribution in [2.24, 2.45) is 4.99 Å². The van der Waals surface area contributed by atoms with Crippen LogP contribution in [0, 0.1) is 0 Å². The van der Waals surface area contributed by atoms with E-state index < -0.39 is 5.60 Å². The van der Waals surface area contributed by atoms with Crippen molar-refractivity contribution in [1.82, 2.24) is 15.5 Å². The molecule has 138 valence electrons. The lowest BCUT2D eigenvalue weighted by molar-refractivity contribution is 0.0266. The third kappa shape index (κ3) is 13.4. The summed E-state index contributed by atoms with van der Waals surface area (Å²) in [6, 6.07) is 0. The molecule has 0 bridgehead atoms. The minimum atomic E-state index is -0.476. The van der Waals surface area contributed by atoms with Gasteiger partial charge in [-0.25, -0.2) is 4.79 Å². The van der Waals surface area contributed by atoms with Crippen LogP contribution in [-0.4, -0.2) is 54.3 Å². The number of ether oxygens (including phenoxy) is 1. The first-order chi connectivity index (χ1) is 9.98. The maximum atomic E-state index is 12.0. The van der Waals surface area contributed by atoms with Gasteiger partial charge >= 0.3 is 6.09 Å². The summed E-state index contributed by atoms with van der Waals surface area (Å²) < 4.78 is 5.38. The smallest absolute Gasteiger partial charge is 0.410 e. The van der Waals surface area contributed by atoms with E-state index in [1.165, 1.54) is 0 Å². The van der Waals surface area contributed by atoms with Gasteiger partial charge in [-0.15, -0.1) is 24.0 Å². The van der Waals surface area contributed by atoms with Gasteiger partial charge in [-0.1, -0.05) is 0 Å². The molecule has 0 radical (unpaired) electrons. The van der Waals surface area contributed by atoms with E-state index in [4.69, 9.17) is 4.74 Å². The largest absolute Gasteiger partial charge is 0.444 e. The lowest BCUT2D eigenvalue weighted by Gasteiger charge is -2.26. The van der Waals surface area contributed by atoms with Gasteiger partial charge in [0.15, 0.2) is 5.96 Å². The number of carbonyl (C=O) groups excluding carboxylic acids is 1. The first kappa shape index (κ1) is 24.5. The molecule has 0 spiro atoms. The van der Waals surface area contributed by atoms with Crippen molar-refractivity contribution in [2.75, 3.05) is 26.2 Å². The van der Waals surface area contributed by atoms with E-state index in [-0.39, 0.29) is 35.6 Å². The topological polar surface area (TPSA) is 66.0 Å². The van der Waals surface area contributed by atoms with Crippen LogP contribution in [0.5, 0.6) is 0 Å². The lowest BCUT2D eigenvalue weighted by atomic mass is 10.1. The average molecular weight is 442 g/mol. The zero-order valence-electron chi connectivity index (χ0n) is 15.9. The number of likely N-dealkylation sites (N-methyl/N-ethyl adjacent to an activating group) is 1. The Morgan fingerprint density at radius 1 is 1.13 bits per heavy atom. The molecule has 0 aliphatic heterocycles. The fourth-order valence-corrected chi connectivity index (χ4v) is 1.65. The Labute approximate surface area is 158 Å². The minimum Gasteiger partial charge on any atom is -0.444 e. The first-order valence-corrected chi connectivity index (χ1v) is 8.03. The third-order valence-corrected chi connectivity index (χ3v) is 2.51. The predicted molar refractivity (Wildman–Crippen MR) is 108 cm³/mol. The van der Waals surface area contributed by atoms with E-state index in [2.05, 4.69) is 36.4 Å². The van der Waals surface area contributed by atoms with E-state index >= 15 is 0 Å². The molecular weight excluding hydrogens is 407 g/mol. The van der Waals surface area contributed by atoms with Crippen LogP contribution in [0.15, 0.2) is 4.99 Å². The molecule has 0 atom stereocenters. The van der Waals surface area contributed by atoms with Gasteiger partial charge in [0.1, 0.15) is 5.60 Å². The molecule has 23 heavy (non-hydrogen) atoms. The van der Waals surface area contributed by atoms with Crippen molar-refractivity contribution in [2.45, 2.75) is 66.5 Å². The first-order valence-electron chi connectivity index (χ1n) is 8.03. The predicted octanol–water partition coefficient (Wildman–Crippen LogP) is 3.22. The fraction of sp³-hybridized carbons (Fsp3) is 0.875. The van der Waals surface area contributed by atoms with Crippen molar-refractivity contribution < 1.29 is 9.53 Å². The van der Waals surface area contributed by atoms with Crippen molar-refractivity contribution in [3.63, 3.8) is 0 Å². The van der Waals surface area contributed by atoms with Crippen LogP contribution in [0.1, 0.15) is 55.4 Å². The maximum Gasteiger partial charge on any atom is 0.410 e. The van der Waals surface area contributed by atoms with Crippen LogP contribution in [0.2, 0.25) is 0 Å². The van der Waals surface area contributed by atoms with E-state index in [1.54, 1.807) is 4.90 Å². The SMILES string of the molecule is CCNC(=NCCN(CC)C(=O)OC(C)(C)C)NC(C)(C)C.I. The molecule has 0 aliphatic carbocycles. The third-order valence-electron chi connectivity index (χ3n) is 2.51. The molecular formula is C16H35IN4O2. The Kier molecular flexibility index (Phi) is 11.7. The Morgan fingerprint density at radius 2 is 1.70 bits per heavy atom. The number of nitrogens with zero attached hydrogens (tertiary/aromatic N) is 2. The van der Waals surface area contributed by atoms with Crippen LogP contribution >= 0.6 is 24.0 Å². The zero-order chi connectivity index (χ0) is 17.4. The van der Waals surface area contributed by atoms with Crippen molar-refractivity contribution in [3.8, 4) is 0 Å². The fourth-order valence-electron chi connectivity index (χ4n) is 1.65. The minimum absolute atomic E-state index is 0. The second kappa shape index (κ2) is 10.9. The van der Waals surface area contributed by atoms with Gasteiger partial charge in [0.25, 0.3) is 0 Å². The molecule has 0 saturated heterocycles. The number of guanidine groups is 1. The highest BCUT2D eigenvalue weighted by Crippen LogP contribution is 2.09. The summed E-state index contributed by atoms with van der Waals surface area (Å²) in [7, 11) is 0. The number of hydrogen-bond acceptors (Lipinski definition) is 3. The Morgan fingerprint density at radius 3 is 2.09 bits per heavy atom. The van der Waals surface area contributed by atoms with Gasteiger partial charge in [-0.3, -0.25) is 4.99 Å². The number of aliphatic imine (C=N–C) groups is 1. The van der Waals surface area contributed by atoms with Crippen molar-refractivity contribution in [1.29, 1.82) is 0 Å². The van der Waals surface area contributed by atoms with E-state index in [9.17, 15) is 4.79 Å². The summed E-state index contributed by atoms with van der Waals surface area (Å²) in [5, 5.41) is 6.52. The number of rotatable bonds is 5. The summed E-state index contributed by atoms with van der Waals surface area (Å²) in [6.07, 6.45) is -0.293. The second-order valence-electron chi connectivity index (χ2n) is 7.20. The quantitative estimate of drug-likeness (QED) is 0.390. The Hall–Kier alpha value is -0.730. The molecule has 0 aromatic heterocycles. The zero-order valence-corrected chi connectivity index (χ0v) is 18.3. The van der Waals surface area contributed by atoms with Gasteiger partial charge in [-0.05, 0) is 55.4 Å². The van der Waals surface area contributed by atoms with Gasteiger partial charge < -0.3 is 20.3 Å². The molecule has 0 aliphatic rings. The number of hydrogen-bond donors (Lipinski definition) is 2. The van der Waals surface area contributed by atoms with Crippen molar-refractivity contribution >= 4 is 36.0 Å². The highest BCUT2D eigenvalue weighted by molar-refractivity contribution is 14.0. The Bertz CT molecular complexity index is 373. The summed E-state index contributed by atoms with van der Waals surface area (Å²) in [5.41, 5.74) is -0.535. The van der Waals surface area contributed by atoms with E-state index in [0.717, 1.165) is 12.5 Å². The number of amides is 1. The summed E-state index contributed by atoms with van der Waals surface area (Å²) in [5.74, 6) is 0.759. The summed E-state index contributed by atoms with van der Waals surface area (Å²) >= 11 is 0. The summed E-state index contributed by atoms with van der Waals surface area (Å²) in [4.78, 5) is 18.2. The molecule has 0 fully saturated rings. The van der Waals surface area contributed by atoms with Crippen LogP contribution in [0.25, 0.3) is 0 Å². The molecule has 0 saturated carbocycles. The molecule has 0 aromatic carbocycles. The molecule has 1 amide bonds. The van der Waals surface area contributed by atoms with Gasteiger partial charge in [0, 0.05) is 25.2 Å². The van der Waals surface area contributed by atoms with Crippen LogP contribution in [-0.2, 0) is 4.74 Å². The van der Waals surface area contributed by atoms with E-state index in [1.807, 2.05) is 34.6 Å². The molecule has 0 rings (SSSR count). The Balaban J connectivity index is 0. The molecule has 0 aromatic rings. The molecule has 0 heterocycles. The monoisotopic (exact) mass is 442 g/mol. The van der Waals surface area contributed by atoms with Crippen LogP contribution in [0.4, 0.5) is 4.79 Å². The maximum absolute atomic E-state index is 12.0. The van der Waals surface area contributed by atoms with E-state index in [0.29, 0.717) is 19.6 Å². The number of nitrogens with one attached hydrogen (secondary N) is 2.